The number of hydrogen-bond acceptors (Lipinski definition) is 0. The van der Waals surface area contributed by atoms with Crippen LogP contribution in [0.25, 0.3) is 77.5 Å². The Morgan fingerprint density at radius 2 is 0.477 bits per heavy atom. The Morgan fingerprint density at radius 3 is 0.991 bits per heavy atom. The van der Waals surface area contributed by atoms with Crippen LogP contribution in [0.15, 0.2) is 364 Å². The lowest BCUT2D eigenvalue weighted by Gasteiger charge is -2.34. The molecular weight excluding hydrogens is 1290 g/mol. The first-order chi connectivity index (χ1) is 52.3. The van der Waals surface area contributed by atoms with E-state index in [2.05, 4.69) is 419 Å². The maximum absolute atomic E-state index is 2.40. The monoisotopic (exact) mass is 1370 g/mol. The number of fused-ring (bicyclic) bond motifs is 23. The summed E-state index contributed by atoms with van der Waals surface area (Å²) in [6.07, 6.45) is 2.21. The van der Waals surface area contributed by atoms with E-state index in [1.54, 1.807) is 0 Å². The predicted octanol–water partition coefficient (Wildman–Crippen LogP) is 27.3. The Bertz CT molecular complexity index is 5850. The van der Waals surface area contributed by atoms with Crippen molar-refractivity contribution in [2.75, 3.05) is 0 Å². The van der Waals surface area contributed by atoms with Crippen molar-refractivity contribution in [1.82, 2.24) is 0 Å². The third-order valence-corrected chi connectivity index (χ3v) is 23.3. The number of hydrogen-bond donors (Lipinski definition) is 0. The molecule has 0 saturated heterocycles. The first kappa shape index (κ1) is 67.9. The van der Waals surface area contributed by atoms with Gasteiger partial charge in [-0.25, -0.2) is 0 Å². The predicted molar refractivity (Wildman–Crippen MR) is 452 cm³/mol. The lowest BCUT2D eigenvalue weighted by Crippen LogP contribution is -2.28. The van der Waals surface area contributed by atoms with Gasteiger partial charge in [-0.05, 0) is 210 Å². The van der Waals surface area contributed by atoms with Gasteiger partial charge in [0, 0.05) is 5.41 Å². The van der Waals surface area contributed by atoms with Crippen molar-refractivity contribution in [2.45, 2.75) is 84.5 Å². The van der Waals surface area contributed by atoms with Crippen LogP contribution in [-0.4, -0.2) is 0 Å². The summed E-state index contributed by atoms with van der Waals surface area (Å²) in [5.41, 5.74) is 44.2. The van der Waals surface area contributed by atoms with Gasteiger partial charge >= 0.3 is 0 Å². The fourth-order valence-electron chi connectivity index (χ4n) is 18.4. The van der Waals surface area contributed by atoms with Gasteiger partial charge < -0.3 is 0 Å². The molecule has 0 fully saturated rings. The minimum atomic E-state index is -0.263. The molecule has 0 heterocycles. The van der Waals surface area contributed by atoms with Gasteiger partial charge in [0.05, 0.1) is 10.8 Å². The van der Waals surface area contributed by atoms with E-state index in [1.807, 2.05) is 0 Å². The van der Waals surface area contributed by atoms with Crippen molar-refractivity contribution in [3.05, 3.63) is 475 Å². The Morgan fingerprint density at radius 1 is 0.178 bits per heavy atom. The van der Waals surface area contributed by atoms with Crippen LogP contribution in [0.2, 0.25) is 0 Å². The van der Waals surface area contributed by atoms with Crippen LogP contribution in [0.4, 0.5) is 0 Å². The molecule has 107 heavy (non-hydrogen) atoms. The maximum atomic E-state index is 2.40. The normalized spacial score (nSPS) is 13.6. The van der Waals surface area contributed by atoms with Gasteiger partial charge in [0.2, 0.25) is 0 Å². The third kappa shape index (κ3) is 11.9. The summed E-state index contributed by atoms with van der Waals surface area (Å²) in [7, 11) is 0. The van der Waals surface area contributed by atoms with Crippen LogP contribution in [0.1, 0.15) is 125 Å². The fourth-order valence-corrected chi connectivity index (χ4v) is 18.4. The molecular formula is C107H88. The van der Waals surface area contributed by atoms with E-state index in [-0.39, 0.29) is 16.2 Å². The Hall–Kier alpha value is -12.2. The van der Waals surface area contributed by atoms with Crippen molar-refractivity contribution in [3.8, 4) is 66.8 Å². The molecule has 516 valence electrons. The number of aryl methyl sites for hydroxylation is 6. The molecule has 0 bridgehead atoms. The van der Waals surface area contributed by atoms with E-state index in [0.717, 1.165) is 12.8 Å². The molecule has 6 aliphatic carbocycles. The van der Waals surface area contributed by atoms with Crippen LogP contribution in [-0.2, 0) is 29.1 Å². The molecule has 0 atom stereocenters. The molecule has 0 aromatic heterocycles. The molecule has 6 aliphatic rings. The highest BCUT2D eigenvalue weighted by molar-refractivity contribution is 5.95. The smallest absolute Gasteiger partial charge is 0.0622 e. The number of rotatable bonds is 2. The van der Waals surface area contributed by atoms with Crippen LogP contribution in [0.3, 0.4) is 0 Å². The second-order valence-electron chi connectivity index (χ2n) is 30.6. The van der Waals surface area contributed by atoms with Gasteiger partial charge in [-0.2, -0.15) is 0 Å². The molecule has 0 N–H and O–H groups in total. The van der Waals surface area contributed by atoms with Gasteiger partial charge in [-0.3, -0.25) is 0 Å². The van der Waals surface area contributed by atoms with Gasteiger partial charge in [0.25, 0.3) is 0 Å². The summed E-state index contributed by atoms with van der Waals surface area (Å²) in [6.45, 7) is 17.6. The van der Waals surface area contributed by atoms with Crippen molar-refractivity contribution < 1.29 is 0 Å². The Balaban J connectivity index is 0.0000000970. The average molecular weight is 1370 g/mol. The molecule has 0 unspecified atom stereocenters. The molecule has 22 rings (SSSR count). The summed E-state index contributed by atoms with van der Waals surface area (Å²) in [5, 5.41) is 2.64. The van der Waals surface area contributed by atoms with E-state index < -0.39 is 0 Å². The van der Waals surface area contributed by atoms with Gasteiger partial charge in [-0.1, -0.05) is 411 Å². The van der Waals surface area contributed by atoms with E-state index in [1.165, 1.54) is 189 Å². The zero-order valence-corrected chi connectivity index (χ0v) is 62.6. The highest BCUT2D eigenvalue weighted by Gasteiger charge is 2.52. The molecule has 16 aromatic rings. The largest absolute Gasteiger partial charge is 0.0725 e. The minimum Gasteiger partial charge on any atom is -0.0622 e. The minimum absolute atomic E-state index is 0.151. The zero-order valence-electron chi connectivity index (χ0n) is 62.6. The van der Waals surface area contributed by atoms with Crippen LogP contribution >= 0.6 is 0 Å². The molecule has 0 amide bonds. The SMILES string of the molecule is Cc1ccc2c(c1)-c1ccccc1C2.Cc1ccc2c(c1)C(C)(C)c1ccccc1-2.Cc1ccc2c(c1)C(c1ccccc1)(c1ccccc1)c1ccccc1-2.Cc1ccc2c(c1)C1(c3ccccc3-c3ccccc31)c1ccccc1-2.Cc1ccc2c(c1)Cc1ccccc1-2.Cc1ccc2ccccc2c1. The molecule has 1 spiro atoms. The molecule has 0 heteroatoms. The van der Waals surface area contributed by atoms with Gasteiger partial charge in [0.1, 0.15) is 0 Å². The quantitative estimate of drug-likeness (QED) is 0.162. The standard InChI is InChI=1S/C26H18.C26H20.C16H16.2C14H12.C11H10/c1-17-14-15-21-20-10-4-7-13-24(20)26(25(21)16-17)22-11-5-2-8-18(22)19-9-3-6-12-23(19)26;1-19-16-17-23-22-14-8-9-15-24(22)26(25(23)18-19,20-10-4-2-5-11-20)21-12-6-3-7-13-21;1-11-8-9-13-12-6-4-5-7-14(12)16(2,3)15(13)10-11;1-10-6-7-14-12(8-10)9-11-4-2-3-5-13(11)14;1-10-6-7-12-9-11-4-2-3-5-13(11)14(12)8-10;1-9-6-7-10-4-2-3-5-11(10)8-9/h2-16H,1H3;2-18H,1H3;4-10H,1-3H3;2*2-8H,9H2,1H3;2-8H,1H3. The summed E-state index contributed by atoms with van der Waals surface area (Å²) in [6, 6.07) is 133. The van der Waals surface area contributed by atoms with Crippen molar-refractivity contribution in [1.29, 1.82) is 0 Å². The van der Waals surface area contributed by atoms with Crippen molar-refractivity contribution >= 4 is 10.8 Å². The second-order valence-corrected chi connectivity index (χ2v) is 30.6. The summed E-state index contributed by atoms with van der Waals surface area (Å²) < 4.78 is 0. The first-order valence-electron chi connectivity index (χ1n) is 38.0. The lowest BCUT2D eigenvalue weighted by atomic mass is 9.67. The van der Waals surface area contributed by atoms with Crippen LogP contribution in [0, 0.1) is 41.5 Å². The van der Waals surface area contributed by atoms with Gasteiger partial charge in [0.15, 0.2) is 0 Å². The zero-order chi connectivity index (χ0) is 73.0. The van der Waals surface area contributed by atoms with E-state index in [4.69, 9.17) is 0 Å². The highest BCUT2D eigenvalue weighted by Crippen LogP contribution is 2.63. The molecule has 0 nitrogen and oxygen atoms in total. The molecule has 0 radical (unpaired) electrons. The van der Waals surface area contributed by atoms with Crippen LogP contribution < -0.4 is 0 Å². The van der Waals surface area contributed by atoms with E-state index >= 15 is 0 Å². The topological polar surface area (TPSA) is 0 Å². The Labute approximate surface area is 633 Å². The van der Waals surface area contributed by atoms with Crippen LogP contribution in [0.5, 0.6) is 0 Å². The highest BCUT2D eigenvalue weighted by atomic mass is 14.5. The van der Waals surface area contributed by atoms with E-state index in [0.29, 0.717) is 0 Å². The van der Waals surface area contributed by atoms with E-state index in [9.17, 15) is 0 Å². The third-order valence-electron chi connectivity index (χ3n) is 23.3. The molecule has 0 aliphatic heterocycles. The molecule has 0 saturated carbocycles. The summed E-state index contributed by atoms with van der Waals surface area (Å²) in [5.74, 6) is 0. The Kier molecular flexibility index (Phi) is 17.8. The van der Waals surface area contributed by atoms with Crippen molar-refractivity contribution in [3.63, 3.8) is 0 Å². The first-order valence-corrected chi connectivity index (χ1v) is 38.0. The number of benzene rings is 16. The van der Waals surface area contributed by atoms with Crippen molar-refractivity contribution in [2.24, 2.45) is 0 Å². The lowest BCUT2D eigenvalue weighted by molar-refractivity contribution is 0.660. The van der Waals surface area contributed by atoms with Gasteiger partial charge in [-0.15, -0.1) is 0 Å². The fraction of sp³-hybridized carbons (Fsp3) is 0.121. The summed E-state index contributed by atoms with van der Waals surface area (Å²) in [4.78, 5) is 0. The average Bonchev–Trinajstić information content (AvgIpc) is 1.50. The second kappa shape index (κ2) is 28.0. The molecule has 16 aromatic carbocycles. The summed E-state index contributed by atoms with van der Waals surface area (Å²) >= 11 is 0. The maximum Gasteiger partial charge on any atom is 0.0725 e.